The van der Waals surface area contributed by atoms with Gasteiger partial charge in [0.05, 0.1) is 4.90 Å². The van der Waals surface area contributed by atoms with Gasteiger partial charge in [-0.25, -0.2) is 8.42 Å². The minimum atomic E-state index is -3.66. The number of carbonyl (C=O) groups is 2. The topological polar surface area (TPSA) is 126 Å². The van der Waals surface area contributed by atoms with Crippen molar-refractivity contribution < 1.29 is 27.5 Å². The second-order valence-electron chi connectivity index (χ2n) is 8.41. The first-order valence-electron chi connectivity index (χ1n) is 11.0. The highest BCUT2D eigenvalue weighted by atomic mass is 32.2. The van der Waals surface area contributed by atoms with E-state index in [1.54, 1.807) is 48.2 Å². The first-order chi connectivity index (χ1) is 16.3. The number of hydrogen-bond donors (Lipinski definition) is 2. The van der Waals surface area contributed by atoms with Gasteiger partial charge in [-0.3, -0.25) is 19.3 Å². The van der Waals surface area contributed by atoms with E-state index in [0.29, 0.717) is 48.7 Å². The van der Waals surface area contributed by atoms with Gasteiger partial charge >= 0.3 is 0 Å². The van der Waals surface area contributed by atoms with Crippen LogP contribution in [0.4, 0.5) is 5.69 Å². The maximum atomic E-state index is 13.0. The molecule has 1 fully saturated rings. The molecule has 0 aliphatic carbocycles. The van der Waals surface area contributed by atoms with Gasteiger partial charge in [-0.15, -0.1) is 0 Å². The fraction of sp³-hybridized carbons (Fsp3) is 0.348. The van der Waals surface area contributed by atoms with Crippen molar-refractivity contribution in [1.82, 2.24) is 9.62 Å². The summed E-state index contributed by atoms with van der Waals surface area (Å²) in [5, 5.41) is 2.91. The Kier molecular flexibility index (Phi) is 5.64. The molecule has 11 heteroatoms. The molecule has 0 bridgehead atoms. The van der Waals surface area contributed by atoms with E-state index in [4.69, 9.17) is 9.47 Å². The Labute approximate surface area is 197 Å². The average molecular weight is 485 g/mol. The van der Waals surface area contributed by atoms with Crippen LogP contribution in [-0.4, -0.2) is 56.9 Å². The third kappa shape index (κ3) is 4.18. The van der Waals surface area contributed by atoms with Gasteiger partial charge in [-0.05, 0) is 44.0 Å². The molecule has 3 aliphatic rings. The normalized spacial score (nSPS) is 20.5. The van der Waals surface area contributed by atoms with Crippen molar-refractivity contribution in [3.63, 3.8) is 0 Å². The molecule has 0 spiro atoms. The van der Waals surface area contributed by atoms with Crippen LogP contribution in [0.2, 0.25) is 0 Å². The van der Waals surface area contributed by atoms with Crippen molar-refractivity contribution in [2.24, 2.45) is 10.9 Å². The lowest BCUT2D eigenvalue weighted by molar-refractivity contribution is -0.135. The number of fused-ring (bicyclic) bond motifs is 2. The molecule has 0 saturated carbocycles. The minimum Gasteiger partial charge on any atom is -0.454 e. The number of amidine groups is 1. The smallest absolute Gasteiger partial charge is 0.263 e. The standard InChI is InChI=1S/C23H24N4O6S/c1-14(24-21-17-4-2-3-5-20(17)34(30,31)26-21)23(29)27-10-8-15(9-11-27)22(28)25-16-6-7-18-19(12-16)33-13-32-18/h2-7,12,14-15H,8-11,13H2,1H3,(H,24,26)(H,25,28)/t14-/m0/s1. The van der Waals surface area contributed by atoms with Crippen LogP contribution >= 0.6 is 0 Å². The highest BCUT2D eigenvalue weighted by Crippen LogP contribution is 2.34. The van der Waals surface area contributed by atoms with Crippen LogP contribution in [0.25, 0.3) is 0 Å². The van der Waals surface area contributed by atoms with Gasteiger partial charge in [0.15, 0.2) is 11.5 Å². The summed E-state index contributed by atoms with van der Waals surface area (Å²) in [5.74, 6) is 0.901. The molecule has 1 atom stereocenters. The molecular weight excluding hydrogens is 460 g/mol. The summed E-state index contributed by atoms with van der Waals surface area (Å²) < 4.78 is 37.6. The maximum Gasteiger partial charge on any atom is 0.263 e. The van der Waals surface area contributed by atoms with Crippen molar-refractivity contribution in [3.05, 3.63) is 48.0 Å². The van der Waals surface area contributed by atoms with Gasteiger partial charge in [-0.2, -0.15) is 0 Å². The van der Waals surface area contributed by atoms with Gasteiger partial charge in [0.25, 0.3) is 10.0 Å². The number of hydrogen-bond acceptors (Lipinski definition) is 7. The van der Waals surface area contributed by atoms with E-state index in [9.17, 15) is 18.0 Å². The Bertz CT molecular complexity index is 1280. The fourth-order valence-electron chi connectivity index (χ4n) is 4.32. The number of nitrogens with zero attached hydrogens (tertiary/aromatic N) is 2. The van der Waals surface area contributed by atoms with Crippen LogP contribution in [0.15, 0.2) is 52.4 Å². The van der Waals surface area contributed by atoms with Crippen LogP contribution in [0.3, 0.4) is 0 Å². The lowest BCUT2D eigenvalue weighted by Gasteiger charge is -2.32. The van der Waals surface area contributed by atoms with Crippen LogP contribution in [0.1, 0.15) is 25.3 Å². The highest BCUT2D eigenvalue weighted by molar-refractivity contribution is 7.90. The molecule has 34 heavy (non-hydrogen) atoms. The lowest BCUT2D eigenvalue weighted by atomic mass is 9.95. The molecule has 3 heterocycles. The molecule has 2 aromatic carbocycles. The van der Waals surface area contributed by atoms with E-state index < -0.39 is 16.1 Å². The Morgan fingerprint density at radius 3 is 2.65 bits per heavy atom. The Morgan fingerprint density at radius 1 is 1.12 bits per heavy atom. The molecule has 2 amide bonds. The average Bonchev–Trinajstić information content (AvgIpc) is 3.40. The van der Waals surface area contributed by atoms with Crippen molar-refractivity contribution in [1.29, 1.82) is 0 Å². The summed E-state index contributed by atoms with van der Waals surface area (Å²) in [6.07, 6.45) is 1.06. The van der Waals surface area contributed by atoms with Gasteiger partial charge in [0.1, 0.15) is 11.9 Å². The number of benzene rings is 2. The molecule has 0 aromatic heterocycles. The SMILES string of the molecule is C[C@H](N=C1NS(=O)(=O)c2ccccc21)C(=O)N1CCC(C(=O)Nc2ccc3c(c2)OCO3)CC1. The third-order valence-corrected chi connectivity index (χ3v) is 7.56. The van der Waals surface area contributed by atoms with Crippen molar-refractivity contribution in [2.75, 3.05) is 25.2 Å². The second-order valence-corrected chi connectivity index (χ2v) is 10.1. The van der Waals surface area contributed by atoms with Crippen molar-refractivity contribution >= 4 is 33.4 Å². The van der Waals surface area contributed by atoms with E-state index in [1.807, 2.05) is 0 Å². The number of likely N-dealkylation sites (tertiary alicyclic amines) is 1. The zero-order chi connectivity index (χ0) is 23.9. The number of carbonyl (C=O) groups excluding carboxylic acids is 2. The van der Waals surface area contributed by atoms with Crippen molar-refractivity contribution in [2.45, 2.75) is 30.7 Å². The number of ether oxygens (including phenoxy) is 2. The van der Waals surface area contributed by atoms with Crippen LogP contribution in [-0.2, 0) is 19.6 Å². The predicted octanol–water partition coefficient (Wildman–Crippen LogP) is 1.72. The third-order valence-electron chi connectivity index (χ3n) is 6.16. The van der Waals surface area contributed by atoms with E-state index in [2.05, 4.69) is 15.0 Å². The van der Waals surface area contributed by atoms with E-state index >= 15 is 0 Å². The lowest BCUT2D eigenvalue weighted by Crippen LogP contribution is -2.45. The summed E-state index contributed by atoms with van der Waals surface area (Å²) in [7, 11) is -3.66. The van der Waals surface area contributed by atoms with Crippen LogP contribution < -0.4 is 19.5 Å². The number of piperidine rings is 1. The quantitative estimate of drug-likeness (QED) is 0.681. The maximum absolute atomic E-state index is 13.0. The highest BCUT2D eigenvalue weighted by Gasteiger charge is 2.33. The molecular formula is C23H24N4O6S. The van der Waals surface area contributed by atoms with E-state index in [0.717, 1.165) is 0 Å². The largest absolute Gasteiger partial charge is 0.454 e. The molecule has 3 aliphatic heterocycles. The first-order valence-corrected chi connectivity index (χ1v) is 12.5. The van der Waals surface area contributed by atoms with E-state index in [-0.39, 0.29) is 35.3 Å². The van der Waals surface area contributed by atoms with Gasteiger partial charge < -0.3 is 19.7 Å². The molecule has 0 radical (unpaired) electrons. The zero-order valence-electron chi connectivity index (χ0n) is 18.5. The van der Waals surface area contributed by atoms with Gasteiger partial charge in [0, 0.05) is 36.3 Å². The number of rotatable bonds is 4. The summed E-state index contributed by atoms with van der Waals surface area (Å²) in [4.78, 5) is 31.9. The molecule has 5 rings (SSSR count). The zero-order valence-corrected chi connectivity index (χ0v) is 19.3. The van der Waals surface area contributed by atoms with Gasteiger partial charge in [-0.1, -0.05) is 12.1 Å². The van der Waals surface area contributed by atoms with Crippen LogP contribution in [0.5, 0.6) is 11.5 Å². The molecule has 1 saturated heterocycles. The summed E-state index contributed by atoms with van der Waals surface area (Å²) in [6.45, 7) is 2.66. The molecule has 10 nitrogen and oxygen atoms in total. The Morgan fingerprint density at radius 2 is 1.85 bits per heavy atom. The molecule has 0 unspecified atom stereocenters. The summed E-state index contributed by atoms with van der Waals surface area (Å²) in [6, 6.07) is 11.0. The number of amides is 2. The second kappa shape index (κ2) is 8.64. The summed E-state index contributed by atoms with van der Waals surface area (Å²) in [5.41, 5.74) is 1.09. The number of sulfonamides is 1. The summed E-state index contributed by atoms with van der Waals surface area (Å²) >= 11 is 0. The molecule has 178 valence electrons. The Balaban J connectivity index is 1.18. The number of nitrogens with one attached hydrogen (secondary N) is 2. The monoisotopic (exact) mass is 484 g/mol. The predicted molar refractivity (Wildman–Crippen MR) is 123 cm³/mol. The van der Waals surface area contributed by atoms with Gasteiger partial charge in [0.2, 0.25) is 18.6 Å². The Hall–Kier alpha value is -3.60. The van der Waals surface area contributed by atoms with E-state index in [1.165, 1.54) is 6.07 Å². The fourth-order valence-corrected chi connectivity index (χ4v) is 5.56. The molecule has 2 aromatic rings. The number of aliphatic imine (C=N–C) groups is 1. The minimum absolute atomic E-state index is 0.101. The van der Waals surface area contributed by atoms with Crippen molar-refractivity contribution in [3.8, 4) is 11.5 Å². The van der Waals surface area contributed by atoms with Crippen LogP contribution in [0, 0.1) is 5.92 Å². The number of anilines is 1. The first kappa shape index (κ1) is 22.2. The molecule has 2 N–H and O–H groups in total.